The first-order chi connectivity index (χ1) is 9.76. The van der Waals surface area contributed by atoms with E-state index in [0.717, 1.165) is 12.1 Å². The fourth-order valence-electron chi connectivity index (χ4n) is 1.81. The molecule has 0 fully saturated rings. The zero-order chi connectivity index (χ0) is 14.6. The monoisotopic (exact) mass is 280 g/mol. The highest BCUT2D eigenvalue weighted by atomic mass is 16.5. The molecular weight excluding hydrogens is 256 g/mol. The average Bonchev–Trinajstić information content (AvgIpc) is 2.45. The van der Waals surface area contributed by atoms with Gasteiger partial charge in [-0.15, -0.1) is 0 Å². The van der Waals surface area contributed by atoms with Gasteiger partial charge >= 0.3 is 0 Å². The molecule has 1 amide bonds. The summed E-state index contributed by atoms with van der Waals surface area (Å²) in [5.41, 5.74) is 2.35. The van der Waals surface area contributed by atoms with Crippen LogP contribution in [-0.4, -0.2) is 39.8 Å². The van der Waals surface area contributed by atoms with E-state index >= 15 is 0 Å². The molecule has 0 saturated heterocycles. The van der Waals surface area contributed by atoms with Gasteiger partial charge in [-0.25, -0.2) is 0 Å². The molecule has 2 N–H and O–H groups in total. The maximum atomic E-state index is 11.4. The number of amides is 1. The molecule has 112 valence electrons. The third-order valence-corrected chi connectivity index (χ3v) is 2.79. The number of carbonyl (C=O) groups is 1. The van der Waals surface area contributed by atoms with Crippen LogP contribution >= 0.6 is 0 Å². The topological polar surface area (TPSA) is 59.6 Å². The van der Waals surface area contributed by atoms with Crippen molar-refractivity contribution in [3.8, 4) is 0 Å². The highest BCUT2D eigenvalue weighted by Gasteiger charge is 2.00. The van der Waals surface area contributed by atoms with Crippen molar-refractivity contribution in [3.63, 3.8) is 0 Å². The van der Waals surface area contributed by atoms with E-state index in [1.807, 2.05) is 12.1 Å². The van der Waals surface area contributed by atoms with Crippen molar-refractivity contribution < 1.29 is 14.3 Å². The van der Waals surface area contributed by atoms with E-state index < -0.39 is 0 Å². The van der Waals surface area contributed by atoms with E-state index in [-0.39, 0.29) is 5.91 Å². The molecule has 5 heteroatoms. The number of nitrogens with one attached hydrogen (secondary N) is 2. The van der Waals surface area contributed by atoms with Crippen molar-refractivity contribution in [2.24, 2.45) is 0 Å². The summed E-state index contributed by atoms with van der Waals surface area (Å²) in [6.07, 6.45) is 0.474. The van der Waals surface area contributed by atoms with Gasteiger partial charge in [0.25, 0.3) is 0 Å². The molecule has 0 aromatic heterocycles. The standard InChI is InChI=1S/C15H24N2O3/c1-19-9-8-17-15(18)6-7-16-11-13-4-3-5-14(10-13)12-20-2/h3-5,10,16H,6-9,11-12H2,1-2H3,(H,17,18). The van der Waals surface area contributed by atoms with Gasteiger partial charge in [0.15, 0.2) is 0 Å². The molecule has 20 heavy (non-hydrogen) atoms. The Morgan fingerprint density at radius 3 is 2.70 bits per heavy atom. The fourth-order valence-corrected chi connectivity index (χ4v) is 1.81. The molecule has 1 aromatic rings. The number of benzene rings is 1. The van der Waals surface area contributed by atoms with Gasteiger partial charge in [0, 0.05) is 40.3 Å². The quantitative estimate of drug-likeness (QED) is 0.630. The second-order valence-corrected chi connectivity index (χ2v) is 4.52. The molecule has 5 nitrogen and oxygen atoms in total. The summed E-state index contributed by atoms with van der Waals surface area (Å²) in [4.78, 5) is 11.4. The summed E-state index contributed by atoms with van der Waals surface area (Å²) in [5.74, 6) is 0.0442. The molecular formula is C15H24N2O3. The first-order valence-electron chi connectivity index (χ1n) is 6.79. The van der Waals surface area contributed by atoms with Crippen molar-refractivity contribution in [2.75, 3.05) is 33.9 Å². The summed E-state index contributed by atoms with van der Waals surface area (Å²) in [6, 6.07) is 8.22. The van der Waals surface area contributed by atoms with Crippen LogP contribution in [0.5, 0.6) is 0 Å². The number of methoxy groups -OCH3 is 2. The largest absolute Gasteiger partial charge is 0.383 e. The van der Waals surface area contributed by atoms with Gasteiger partial charge in [0.2, 0.25) is 5.91 Å². The first-order valence-corrected chi connectivity index (χ1v) is 6.79. The minimum atomic E-state index is 0.0442. The van der Waals surface area contributed by atoms with Gasteiger partial charge in [-0.2, -0.15) is 0 Å². The van der Waals surface area contributed by atoms with Gasteiger partial charge in [0.1, 0.15) is 0 Å². The Kier molecular flexibility index (Phi) is 8.62. The summed E-state index contributed by atoms with van der Waals surface area (Å²) < 4.78 is 9.97. The van der Waals surface area contributed by atoms with Gasteiger partial charge in [-0.3, -0.25) is 4.79 Å². The minimum Gasteiger partial charge on any atom is -0.383 e. The van der Waals surface area contributed by atoms with Crippen LogP contribution < -0.4 is 10.6 Å². The van der Waals surface area contributed by atoms with Gasteiger partial charge < -0.3 is 20.1 Å². The van der Waals surface area contributed by atoms with Gasteiger partial charge in [0.05, 0.1) is 13.2 Å². The molecule has 0 aliphatic rings. The lowest BCUT2D eigenvalue weighted by molar-refractivity contribution is -0.121. The lowest BCUT2D eigenvalue weighted by Crippen LogP contribution is -2.29. The number of carbonyl (C=O) groups excluding carboxylic acids is 1. The van der Waals surface area contributed by atoms with E-state index in [2.05, 4.69) is 22.8 Å². The van der Waals surface area contributed by atoms with Crippen LogP contribution in [0.4, 0.5) is 0 Å². The number of ether oxygens (including phenoxy) is 2. The first kappa shape index (κ1) is 16.6. The van der Waals surface area contributed by atoms with Crippen LogP contribution in [0, 0.1) is 0 Å². The summed E-state index contributed by atoms with van der Waals surface area (Å²) in [5, 5.41) is 6.05. The zero-order valence-corrected chi connectivity index (χ0v) is 12.3. The van der Waals surface area contributed by atoms with Crippen molar-refractivity contribution >= 4 is 5.91 Å². The summed E-state index contributed by atoms with van der Waals surface area (Å²) in [7, 11) is 3.30. The van der Waals surface area contributed by atoms with Crippen LogP contribution in [0.2, 0.25) is 0 Å². The second-order valence-electron chi connectivity index (χ2n) is 4.52. The molecule has 0 unspecified atom stereocenters. The fraction of sp³-hybridized carbons (Fsp3) is 0.533. The third-order valence-electron chi connectivity index (χ3n) is 2.79. The van der Waals surface area contributed by atoms with Crippen molar-refractivity contribution in [2.45, 2.75) is 19.6 Å². The van der Waals surface area contributed by atoms with Crippen molar-refractivity contribution in [1.82, 2.24) is 10.6 Å². The highest BCUT2D eigenvalue weighted by Crippen LogP contribution is 2.06. The Morgan fingerprint density at radius 1 is 1.15 bits per heavy atom. The Bertz CT molecular complexity index is 396. The lowest BCUT2D eigenvalue weighted by atomic mass is 10.1. The third kappa shape index (κ3) is 7.23. The Labute approximate surface area is 120 Å². The maximum Gasteiger partial charge on any atom is 0.221 e. The minimum absolute atomic E-state index is 0.0442. The molecule has 1 rings (SSSR count). The molecule has 1 aromatic carbocycles. The molecule has 0 heterocycles. The molecule has 0 spiro atoms. The van der Waals surface area contributed by atoms with Gasteiger partial charge in [-0.1, -0.05) is 24.3 Å². The zero-order valence-electron chi connectivity index (χ0n) is 12.3. The number of hydrogen-bond acceptors (Lipinski definition) is 4. The van der Waals surface area contributed by atoms with Crippen molar-refractivity contribution in [1.29, 1.82) is 0 Å². The maximum absolute atomic E-state index is 11.4. The SMILES string of the molecule is COCCNC(=O)CCNCc1cccc(COC)c1. The molecule has 0 bridgehead atoms. The van der Waals surface area contributed by atoms with E-state index in [0.29, 0.717) is 32.7 Å². The second kappa shape index (κ2) is 10.4. The molecule has 0 radical (unpaired) electrons. The van der Waals surface area contributed by atoms with Crippen LogP contribution in [0.1, 0.15) is 17.5 Å². The van der Waals surface area contributed by atoms with E-state index in [4.69, 9.17) is 9.47 Å². The Balaban J connectivity index is 2.17. The van der Waals surface area contributed by atoms with Crippen LogP contribution in [0.3, 0.4) is 0 Å². The predicted molar refractivity (Wildman–Crippen MR) is 78.4 cm³/mol. The highest BCUT2D eigenvalue weighted by molar-refractivity contribution is 5.76. The van der Waals surface area contributed by atoms with E-state index in [1.165, 1.54) is 5.56 Å². The molecule has 0 aliphatic carbocycles. The number of rotatable bonds is 10. The van der Waals surface area contributed by atoms with E-state index in [1.54, 1.807) is 14.2 Å². The van der Waals surface area contributed by atoms with Crippen molar-refractivity contribution in [3.05, 3.63) is 35.4 Å². The van der Waals surface area contributed by atoms with Crippen LogP contribution in [-0.2, 0) is 27.4 Å². The Morgan fingerprint density at radius 2 is 1.95 bits per heavy atom. The van der Waals surface area contributed by atoms with Crippen LogP contribution in [0.15, 0.2) is 24.3 Å². The van der Waals surface area contributed by atoms with E-state index in [9.17, 15) is 4.79 Å². The predicted octanol–water partition coefficient (Wildman–Crippen LogP) is 1.08. The lowest BCUT2D eigenvalue weighted by Gasteiger charge is -2.07. The average molecular weight is 280 g/mol. The molecule has 0 saturated carbocycles. The normalized spacial score (nSPS) is 10.5. The molecule has 0 aliphatic heterocycles. The van der Waals surface area contributed by atoms with Crippen LogP contribution in [0.25, 0.3) is 0 Å². The molecule has 0 atom stereocenters. The smallest absolute Gasteiger partial charge is 0.221 e. The Hall–Kier alpha value is -1.43. The van der Waals surface area contributed by atoms with Gasteiger partial charge in [-0.05, 0) is 11.1 Å². The number of hydrogen-bond donors (Lipinski definition) is 2. The summed E-state index contributed by atoms with van der Waals surface area (Å²) in [6.45, 7) is 3.14. The summed E-state index contributed by atoms with van der Waals surface area (Å²) >= 11 is 0.